The van der Waals surface area contributed by atoms with Crippen molar-refractivity contribution in [3.63, 3.8) is 0 Å². The van der Waals surface area contributed by atoms with Crippen LogP contribution in [0.25, 0.3) is 0 Å². The predicted octanol–water partition coefficient (Wildman–Crippen LogP) is 2.82. The summed E-state index contributed by atoms with van der Waals surface area (Å²) in [5.74, 6) is 0. The largest absolute Gasteiger partial charge is 0.443 e. The number of rotatable bonds is 3. The molecule has 0 spiro atoms. The van der Waals surface area contributed by atoms with E-state index < -0.39 is 11.7 Å². The monoisotopic (exact) mass is 208 g/mol. The molecule has 0 aliphatic heterocycles. The molecule has 0 unspecified atom stereocenters. The van der Waals surface area contributed by atoms with Gasteiger partial charge in [-0.05, 0) is 32.4 Å². The molecule has 1 heterocycles. The fourth-order valence-corrected chi connectivity index (χ4v) is 0.902. The third-order valence-corrected chi connectivity index (χ3v) is 2.15. The van der Waals surface area contributed by atoms with Gasteiger partial charge in [-0.3, -0.25) is 10.3 Å². The minimum absolute atomic E-state index is 0.433. The number of nitrogens with zero attached hydrogens (tertiary/aromatic N) is 1. The maximum atomic E-state index is 11.4. The molecular formula is C11H16N2O2. The fraction of sp³-hybridized carbons (Fsp3) is 0.455. The van der Waals surface area contributed by atoms with Crippen LogP contribution < -0.4 is 5.32 Å². The Hall–Kier alpha value is -1.58. The molecule has 1 aromatic heterocycles. The van der Waals surface area contributed by atoms with Gasteiger partial charge in [0, 0.05) is 18.1 Å². The van der Waals surface area contributed by atoms with E-state index in [9.17, 15) is 4.79 Å². The molecule has 0 aliphatic rings. The van der Waals surface area contributed by atoms with Gasteiger partial charge in [-0.25, -0.2) is 4.79 Å². The van der Waals surface area contributed by atoms with Gasteiger partial charge in [-0.15, -0.1) is 0 Å². The Morgan fingerprint density at radius 2 is 2.07 bits per heavy atom. The SMILES string of the molecule is CCC(C)(C)OC(=O)Nc1ccncc1. The van der Waals surface area contributed by atoms with Crippen LogP contribution in [0.2, 0.25) is 0 Å². The second-order valence-electron chi connectivity index (χ2n) is 3.86. The van der Waals surface area contributed by atoms with Crippen LogP contribution >= 0.6 is 0 Å². The lowest BCUT2D eigenvalue weighted by molar-refractivity contribution is 0.0462. The molecule has 82 valence electrons. The highest BCUT2D eigenvalue weighted by Crippen LogP contribution is 2.15. The average molecular weight is 208 g/mol. The molecular weight excluding hydrogens is 192 g/mol. The van der Waals surface area contributed by atoms with Crippen LogP contribution in [-0.4, -0.2) is 16.7 Å². The van der Waals surface area contributed by atoms with Gasteiger partial charge < -0.3 is 4.74 Å². The van der Waals surface area contributed by atoms with Crippen LogP contribution in [0.4, 0.5) is 10.5 Å². The van der Waals surface area contributed by atoms with Gasteiger partial charge in [0.05, 0.1) is 0 Å². The summed E-state index contributed by atoms with van der Waals surface area (Å²) in [4.78, 5) is 15.3. The van der Waals surface area contributed by atoms with Crippen LogP contribution in [0.5, 0.6) is 0 Å². The standard InChI is InChI=1S/C11H16N2O2/c1-4-11(2,3)15-10(14)13-9-5-7-12-8-6-9/h5-8H,4H2,1-3H3,(H,12,13,14). The first-order valence-electron chi connectivity index (χ1n) is 4.93. The summed E-state index contributed by atoms with van der Waals surface area (Å²) in [5, 5.41) is 2.63. The highest BCUT2D eigenvalue weighted by molar-refractivity contribution is 5.84. The Kier molecular flexibility index (Phi) is 3.66. The Bertz CT molecular complexity index is 323. The van der Waals surface area contributed by atoms with E-state index in [0.29, 0.717) is 5.69 Å². The maximum Gasteiger partial charge on any atom is 0.412 e. The van der Waals surface area contributed by atoms with E-state index in [1.807, 2.05) is 20.8 Å². The molecule has 0 fully saturated rings. The number of hydrogen-bond acceptors (Lipinski definition) is 3. The summed E-state index contributed by atoms with van der Waals surface area (Å²) in [7, 11) is 0. The summed E-state index contributed by atoms with van der Waals surface area (Å²) in [5.41, 5.74) is 0.249. The fourth-order valence-electron chi connectivity index (χ4n) is 0.902. The Labute approximate surface area is 89.7 Å². The van der Waals surface area contributed by atoms with Crippen LogP contribution in [0.3, 0.4) is 0 Å². The van der Waals surface area contributed by atoms with Crippen molar-refractivity contribution in [2.24, 2.45) is 0 Å². The number of amides is 1. The zero-order chi connectivity index (χ0) is 11.3. The molecule has 0 atom stereocenters. The second-order valence-corrected chi connectivity index (χ2v) is 3.86. The minimum atomic E-state index is -0.437. The zero-order valence-corrected chi connectivity index (χ0v) is 9.28. The van der Waals surface area contributed by atoms with Crippen molar-refractivity contribution in [1.29, 1.82) is 0 Å². The molecule has 15 heavy (non-hydrogen) atoms. The van der Waals surface area contributed by atoms with Crippen molar-refractivity contribution < 1.29 is 9.53 Å². The third kappa shape index (κ3) is 3.97. The van der Waals surface area contributed by atoms with E-state index in [4.69, 9.17) is 4.74 Å². The van der Waals surface area contributed by atoms with Gasteiger partial charge in [-0.1, -0.05) is 6.92 Å². The van der Waals surface area contributed by atoms with Crippen molar-refractivity contribution in [3.05, 3.63) is 24.5 Å². The average Bonchev–Trinajstić information content (AvgIpc) is 2.18. The van der Waals surface area contributed by atoms with E-state index in [1.54, 1.807) is 24.5 Å². The van der Waals surface area contributed by atoms with Crippen molar-refractivity contribution >= 4 is 11.8 Å². The molecule has 0 radical (unpaired) electrons. The highest BCUT2D eigenvalue weighted by Gasteiger charge is 2.20. The normalized spacial score (nSPS) is 10.9. The minimum Gasteiger partial charge on any atom is -0.443 e. The van der Waals surface area contributed by atoms with Crippen LogP contribution in [-0.2, 0) is 4.74 Å². The lowest BCUT2D eigenvalue weighted by atomic mass is 10.1. The van der Waals surface area contributed by atoms with Gasteiger partial charge in [0.2, 0.25) is 0 Å². The summed E-state index contributed by atoms with van der Waals surface area (Å²) in [6.07, 6.45) is 3.56. The van der Waals surface area contributed by atoms with Gasteiger partial charge in [-0.2, -0.15) is 0 Å². The van der Waals surface area contributed by atoms with E-state index in [-0.39, 0.29) is 0 Å². The Balaban J connectivity index is 2.51. The number of pyridine rings is 1. The maximum absolute atomic E-state index is 11.4. The first-order chi connectivity index (χ1) is 7.03. The quantitative estimate of drug-likeness (QED) is 0.831. The van der Waals surface area contributed by atoms with Crippen LogP contribution in [0.1, 0.15) is 27.2 Å². The van der Waals surface area contributed by atoms with E-state index in [1.165, 1.54) is 0 Å². The molecule has 4 nitrogen and oxygen atoms in total. The molecule has 0 bridgehead atoms. The number of anilines is 1. The van der Waals surface area contributed by atoms with E-state index in [2.05, 4.69) is 10.3 Å². The number of carbonyl (C=O) groups is 1. The van der Waals surface area contributed by atoms with Crippen LogP contribution in [0, 0.1) is 0 Å². The van der Waals surface area contributed by atoms with Crippen molar-refractivity contribution in [1.82, 2.24) is 4.98 Å². The highest BCUT2D eigenvalue weighted by atomic mass is 16.6. The molecule has 1 rings (SSSR count). The molecule has 0 saturated carbocycles. The number of aromatic nitrogens is 1. The van der Waals surface area contributed by atoms with E-state index >= 15 is 0 Å². The number of hydrogen-bond donors (Lipinski definition) is 1. The molecule has 1 N–H and O–H groups in total. The Morgan fingerprint density at radius 3 is 2.60 bits per heavy atom. The zero-order valence-electron chi connectivity index (χ0n) is 9.28. The number of carbonyl (C=O) groups excluding carboxylic acids is 1. The lowest BCUT2D eigenvalue weighted by Gasteiger charge is -2.23. The Morgan fingerprint density at radius 1 is 1.47 bits per heavy atom. The third-order valence-electron chi connectivity index (χ3n) is 2.15. The second kappa shape index (κ2) is 4.77. The first-order valence-corrected chi connectivity index (χ1v) is 4.93. The molecule has 0 saturated heterocycles. The van der Waals surface area contributed by atoms with Crippen molar-refractivity contribution in [2.45, 2.75) is 32.8 Å². The van der Waals surface area contributed by atoms with E-state index in [0.717, 1.165) is 6.42 Å². The smallest absolute Gasteiger partial charge is 0.412 e. The summed E-state index contributed by atoms with van der Waals surface area (Å²) in [6.45, 7) is 5.72. The van der Waals surface area contributed by atoms with Crippen molar-refractivity contribution in [2.75, 3.05) is 5.32 Å². The van der Waals surface area contributed by atoms with Gasteiger partial charge in [0.25, 0.3) is 0 Å². The topological polar surface area (TPSA) is 51.2 Å². The lowest BCUT2D eigenvalue weighted by Crippen LogP contribution is -2.29. The predicted molar refractivity (Wildman–Crippen MR) is 58.7 cm³/mol. The molecule has 1 amide bonds. The number of nitrogens with one attached hydrogen (secondary N) is 1. The van der Waals surface area contributed by atoms with Crippen molar-refractivity contribution in [3.8, 4) is 0 Å². The summed E-state index contributed by atoms with van der Waals surface area (Å²) in [6, 6.07) is 3.42. The molecule has 0 aliphatic carbocycles. The summed E-state index contributed by atoms with van der Waals surface area (Å²) >= 11 is 0. The molecule has 0 aromatic carbocycles. The number of ether oxygens (including phenoxy) is 1. The van der Waals surface area contributed by atoms with Gasteiger partial charge in [0.15, 0.2) is 0 Å². The van der Waals surface area contributed by atoms with Gasteiger partial charge >= 0.3 is 6.09 Å². The summed E-state index contributed by atoms with van der Waals surface area (Å²) < 4.78 is 5.22. The molecule has 1 aromatic rings. The van der Waals surface area contributed by atoms with Gasteiger partial charge in [0.1, 0.15) is 5.60 Å². The van der Waals surface area contributed by atoms with Crippen LogP contribution in [0.15, 0.2) is 24.5 Å². The first kappa shape index (κ1) is 11.5. The molecule has 4 heteroatoms.